The highest BCUT2D eigenvalue weighted by atomic mass is 16.5. The predicted molar refractivity (Wildman–Crippen MR) is 77.6 cm³/mol. The molecule has 0 saturated heterocycles. The predicted octanol–water partition coefficient (Wildman–Crippen LogP) is 1.80. The maximum Gasteiger partial charge on any atom is 0.227 e. The van der Waals surface area contributed by atoms with E-state index in [-0.39, 0.29) is 17.2 Å². The van der Waals surface area contributed by atoms with E-state index >= 15 is 0 Å². The van der Waals surface area contributed by atoms with Crippen LogP contribution in [0.1, 0.15) is 37.2 Å². The van der Waals surface area contributed by atoms with E-state index in [1.807, 2.05) is 24.3 Å². The number of amides is 1. The number of ether oxygens (including phenoxy) is 1. The fourth-order valence-electron chi connectivity index (χ4n) is 3.01. The van der Waals surface area contributed by atoms with Crippen molar-refractivity contribution in [1.29, 1.82) is 0 Å². The van der Waals surface area contributed by atoms with Gasteiger partial charge in [-0.3, -0.25) is 4.79 Å². The third-order valence-electron chi connectivity index (χ3n) is 4.54. The number of carbonyl (C=O) groups is 1. The first kappa shape index (κ1) is 13.4. The Morgan fingerprint density at radius 3 is 2.95 bits per heavy atom. The Morgan fingerprint density at radius 2 is 2.20 bits per heavy atom. The van der Waals surface area contributed by atoms with Crippen LogP contribution in [-0.2, 0) is 4.79 Å². The minimum Gasteiger partial charge on any atom is -0.493 e. The zero-order chi connectivity index (χ0) is 14.0. The van der Waals surface area contributed by atoms with Gasteiger partial charge < -0.3 is 15.8 Å². The first-order chi connectivity index (χ1) is 9.74. The number of fused-ring (bicyclic) bond motifs is 1. The third kappa shape index (κ3) is 2.66. The topological polar surface area (TPSA) is 64.3 Å². The molecule has 1 saturated carbocycles. The smallest absolute Gasteiger partial charge is 0.227 e. The number of nitrogens with two attached hydrogens (primary N) is 1. The lowest BCUT2D eigenvalue weighted by Crippen LogP contribution is -2.36. The molecule has 0 radical (unpaired) electrons. The van der Waals surface area contributed by atoms with Crippen molar-refractivity contribution >= 4 is 5.91 Å². The Hall–Kier alpha value is -1.55. The Labute approximate surface area is 119 Å². The molecule has 108 valence electrons. The molecule has 1 aliphatic carbocycles. The molecule has 1 aromatic rings. The van der Waals surface area contributed by atoms with Gasteiger partial charge in [0.15, 0.2) is 0 Å². The molecule has 1 heterocycles. The Morgan fingerprint density at radius 1 is 1.40 bits per heavy atom. The van der Waals surface area contributed by atoms with E-state index in [1.54, 1.807) is 0 Å². The van der Waals surface area contributed by atoms with Crippen molar-refractivity contribution in [3.63, 3.8) is 0 Å². The van der Waals surface area contributed by atoms with Crippen LogP contribution in [0.15, 0.2) is 24.3 Å². The summed E-state index contributed by atoms with van der Waals surface area (Å²) in [6, 6.07) is 7.83. The minimum absolute atomic E-state index is 0.0753. The summed E-state index contributed by atoms with van der Waals surface area (Å²) in [5.74, 6) is 0.902. The molecule has 4 nitrogen and oxygen atoms in total. The zero-order valence-corrected chi connectivity index (χ0v) is 11.7. The number of benzene rings is 1. The number of nitrogens with one attached hydrogen (secondary N) is 1. The van der Waals surface area contributed by atoms with E-state index in [4.69, 9.17) is 10.5 Å². The van der Waals surface area contributed by atoms with Crippen molar-refractivity contribution in [2.75, 3.05) is 19.7 Å². The average Bonchev–Trinajstić information content (AvgIpc) is 3.25. The van der Waals surface area contributed by atoms with Crippen LogP contribution in [-0.4, -0.2) is 25.6 Å². The van der Waals surface area contributed by atoms with Crippen molar-refractivity contribution in [3.8, 4) is 5.75 Å². The highest BCUT2D eigenvalue weighted by Gasteiger charge is 2.42. The van der Waals surface area contributed by atoms with Crippen molar-refractivity contribution in [2.24, 2.45) is 11.1 Å². The van der Waals surface area contributed by atoms with Gasteiger partial charge >= 0.3 is 0 Å². The average molecular weight is 274 g/mol. The summed E-state index contributed by atoms with van der Waals surface area (Å²) in [4.78, 5) is 12.4. The van der Waals surface area contributed by atoms with Crippen LogP contribution >= 0.6 is 0 Å². The second-order valence-electron chi connectivity index (χ2n) is 5.98. The molecule has 3 N–H and O–H groups in total. The summed E-state index contributed by atoms with van der Waals surface area (Å²) in [5, 5.41) is 3.13. The molecule has 3 rings (SSSR count). The lowest BCUT2D eigenvalue weighted by atomic mass is 9.92. The van der Waals surface area contributed by atoms with Crippen molar-refractivity contribution in [3.05, 3.63) is 29.8 Å². The van der Waals surface area contributed by atoms with Crippen LogP contribution in [0.5, 0.6) is 5.75 Å². The van der Waals surface area contributed by atoms with Crippen LogP contribution < -0.4 is 15.8 Å². The standard InChI is InChI=1S/C16H22N2O2/c17-9-8-16(6-7-16)11-18-15(19)13-5-10-20-14-4-2-1-3-12(13)14/h1-4,13H,5-11,17H2,(H,18,19). The van der Waals surface area contributed by atoms with Crippen LogP contribution in [0, 0.1) is 5.41 Å². The summed E-state index contributed by atoms with van der Waals surface area (Å²) in [6.07, 6.45) is 4.15. The number of hydrogen-bond acceptors (Lipinski definition) is 3. The molecule has 0 aromatic heterocycles. The maximum atomic E-state index is 12.4. The first-order valence-electron chi connectivity index (χ1n) is 7.44. The molecule has 1 aromatic carbocycles. The molecule has 20 heavy (non-hydrogen) atoms. The van der Waals surface area contributed by atoms with Crippen molar-refractivity contribution in [1.82, 2.24) is 5.32 Å². The van der Waals surface area contributed by atoms with E-state index in [1.165, 1.54) is 12.8 Å². The number of rotatable bonds is 5. The zero-order valence-electron chi connectivity index (χ0n) is 11.7. The van der Waals surface area contributed by atoms with Crippen LogP contribution in [0.25, 0.3) is 0 Å². The normalized spacial score (nSPS) is 22.6. The van der Waals surface area contributed by atoms with Gasteiger partial charge in [-0.05, 0) is 43.7 Å². The summed E-state index contributed by atoms with van der Waals surface area (Å²) in [7, 11) is 0. The molecule has 1 unspecified atom stereocenters. The van der Waals surface area contributed by atoms with Gasteiger partial charge in [0.1, 0.15) is 5.75 Å². The summed E-state index contributed by atoms with van der Waals surface area (Å²) in [6.45, 7) is 2.08. The fourth-order valence-corrected chi connectivity index (χ4v) is 3.01. The fraction of sp³-hybridized carbons (Fsp3) is 0.562. The highest BCUT2D eigenvalue weighted by Crippen LogP contribution is 2.48. The molecule has 2 aliphatic rings. The van der Waals surface area contributed by atoms with Crippen molar-refractivity contribution < 1.29 is 9.53 Å². The van der Waals surface area contributed by atoms with Gasteiger partial charge in [-0.1, -0.05) is 18.2 Å². The van der Waals surface area contributed by atoms with Crippen molar-refractivity contribution in [2.45, 2.75) is 31.6 Å². The van der Waals surface area contributed by atoms with Gasteiger partial charge in [0.2, 0.25) is 5.91 Å². The Balaban J connectivity index is 1.64. The second-order valence-corrected chi connectivity index (χ2v) is 5.98. The van der Waals surface area contributed by atoms with E-state index in [9.17, 15) is 4.79 Å². The van der Waals surface area contributed by atoms with Gasteiger partial charge in [0.25, 0.3) is 0 Å². The van der Waals surface area contributed by atoms with Gasteiger partial charge in [-0.15, -0.1) is 0 Å². The largest absolute Gasteiger partial charge is 0.493 e. The van der Waals surface area contributed by atoms with Gasteiger partial charge in [-0.2, -0.15) is 0 Å². The van der Waals surface area contributed by atoms with Crippen LogP contribution in [0.3, 0.4) is 0 Å². The molecule has 4 heteroatoms. The number of para-hydroxylation sites is 1. The maximum absolute atomic E-state index is 12.4. The molecule has 1 fully saturated rings. The summed E-state index contributed by atoms with van der Waals surface area (Å²) < 4.78 is 5.60. The van der Waals surface area contributed by atoms with E-state index in [2.05, 4.69) is 5.32 Å². The second kappa shape index (κ2) is 5.44. The lowest BCUT2D eigenvalue weighted by molar-refractivity contribution is -0.123. The molecule has 1 atom stereocenters. The van der Waals surface area contributed by atoms with Gasteiger partial charge in [0, 0.05) is 12.1 Å². The van der Waals surface area contributed by atoms with E-state index in [0.29, 0.717) is 13.2 Å². The highest BCUT2D eigenvalue weighted by molar-refractivity contribution is 5.84. The molecular weight excluding hydrogens is 252 g/mol. The summed E-state index contributed by atoms with van der Waals surface area (Å²) in [5.41, 5.74) is 6.94. The van der Waals surface area contributed by atoms with Crippen LogP contribution in [0.4, 0.5) is 0 Å². The SMILES string of the molecule is NCCC1(CNC(=O)C2CCOc3ccccc32)CC1. The van der Waals surface area contributed by atoms with Crippen LogP contribution in [0.2, 0.25) is 0 Å². The molecule has 1 aliphatic heterocycles. The Kier molecular flexibility index (Phi) is 3.66. The molecule has 0 bridgehead atoms. The Bertz CT molecular complexity index is 497. The first-order valence-corrected chi connectivity index (χ1v) is 7.44. The summed E-state index contributed by atoms with van der Waals surface area (Å²) >= 11 is 0. The lowest BCUT2D eigenvalue weighted by Gasteiger charge is -2.26. The number of hydrogen-bond donors (Lipinski definition) is 2. The third-order valence-corrected chi connectivity index (χ3v) is 4.54. The molecule has 1 amide bonds. The monoisotopic (exact) mass is 274 g/mol. The van der Waals surface area contributed by atoms with Gasteiger partial charge in [0.05, 0.1) is 12.5 Å². The quantitative estimate of drug-likeness (QED) is 0.860. The van der Waals surface area contributed by atoms with E-state index < -0.39 is 0 Å². The van der Waals surface area contributed by atoms with E-state index in [0.717, 1.165) is 30.7 Å². The molecule has 0 spiro atoms. The minimum atomic E-state index is -0.0753. The van der Waals surface area contributed by atoms with Gasteiger partial charge in [-0.25, -0.2) is 0 Å². The molecular formula is C16H22N2O2. The number of carbonyl (C=O) groups excluding carboxylic acids is 1.